The van der Waals surface area contributed by atoms with Crippen LogP contribution in [0.3, 0.4) is 0 Å². The Hall–Kier alpha value is -4.54. The van der Waals surface area contributed by atoms with Gasteiger partial charge in [-0.2, -0.15) is 0 Å². The van der Waals surface area contributed by atoms with E-state index in [1.54, 1.807) is 18.3 Å². The summed E-state index contributed by atoms with van der Waals surface area (Å²) in [5, 5.41) is 14.5. The van der Waals surface area contributed by atoms with Crippen molar-refractivity contribution in [2.75, 3.05) is 0 Å². The molecule has 188 valence electrons. The molecule has 5 rings (SSSR count). The van der Waals surface area contributed by atoms with E-state index in [2.05, 4.69) is 5.16 Å². The van der Waals surface area contributed by atoms with Crippen molar-refractivity contribution < 1.29 is 14.3 Å². The van der Waals surface area contributed by atoms with Gasteiger partial charge in [0, 0.05) is 16.7 Å². The lowest BCUT2D eigenvalue weighted by molar-refractivity contribution is 0.0183. The number of oxime groups is 1. The van der Waals surface area contributed by atoms with Gasteiger partial charge in [-0.05, 0) is 46.9 Å². The summed E-state index contributed by atoms with van der Waals surface area (Å²) >= 11 is 0. The molecule has 0 atom stereocenters. The zero-order valence-electron chi connectivity index (χ0n) is 20.9. The van der Waals surface area contributed by atoms with Crippen molar-refractivity contribution in [1.29, 1.82) is 0 Å². The van der Waals surface area contributed by atoms with Gasteiger partial charge in [0.2, 0.25) is 5.60 Å². The van der Waals surface area contributed by atoms with E-state index in [1.807, 2.05) is 109 Å². The van der Waals surface area contributed by atoms with Crippen molar-refractivity contribution in [3.8, 4) is 0 Å². The fourth-order valence-corrected chi connectivity index (χ4v) is 4.71. The lowest BCUT2D eigenvalue weighted by Crippen LogP contribution is -2.31. The minimum absolute atomic E-state index is 0.110. The van der Waals surface area contributed by atoms with Crippen molar-refractivity contribution in [3.63, 3.8) is 0 Å². The van der Waals surface area contributed by atoms with Gasteiger partial charge in [-0.15, -0.1) is 0 Å². The van der Waals surface area contributed by atoms with E-state index in [1.165, 1.54) is 12.1 Å². The summed E-state index contributed by atoms with van der Waals surface area (Å²) in [6, 6.07) is 42.4. The summed E-state index contributed by atoms with van der Waals surface area (Å²) in [5.74, 6) is -0.264. The fraction of sp³-hybridized carbons (Fsp3) is 0.0882. The summed E-state index contributed by atoms with van der Waals surface area (Å²) in [6.07, 6.45) is 2.27. The lowest BCUT2D eigenvalue weighted by atomic mass is 9.80. The highest BCUT2D eigenvalue weighted by molar-refractivity contribution is 5.79. The number of nitrogens with zero attached hydrogens (tertiary/aromatic N) is 1. The highest BCUT2D eigenvalue weighted by Crippen LogP contribution is 2.40. The van der Waals surface area contributed by atoms with Crippen LogP contribution in [0, 0.1) is 5.82 Å². The smallest absolute Gasteiger partial charge is 0.212 e. The zero-order valence-corrected chi connectivity index (χ0v) is 20.9. The van der Waals surface area contributed by atoms with Gasteiger partial charge in [-0.1, -0.05) is 120 Å². The average molecular weight is 502 g/mol. The third-order valence-electron chi connectivity index (χ3n) is 6.64. The predicted molar refractivity (Wildman–Crippen MR) is 149 cm³/mol. The van der Waals surface area contributed by atoms with Crippen LogP contribution in [0.15, 0.2) is 139 Å². The van der Waals surface area contributed by atoms with Crippen LogP contribution in [-0.2, 0) is 23.5 Å². The summed E-state index contributed by atoms with van der Waals surface area (Å²) in [6.45, 7) is -0.110. The van der Waals surface area contributed by atoms with Crippen molar-refractivity contribution >= 4 is 6.21 Å². The van der Waals surface area contributed by atoms with Gasteiger partial charge in [0.1, 0.15) is 5.82 Å². The lowest BCUT2D eigenvalue weighted by Gasteiger charge is -2.33. The molecule has 0 aliphatic heterocycles. The second-order valence-electron chi connectivity index (χ2n) is 9.09. The van der Waals surface area contributed by atoms with Crippen LogP contribution in [0.25, 0.3) is 0 Å². The monoisotopic (exact) mass is 501 g/mol. The molecule has 0 aromatic heterocycles. The molecule has 0 saturated heterocycles. The second kappa shape index (κ2) is 11.7. The topological polar surface area (TPSA) is 41.8 Å². The number of halogens is 1. The number of aliphatic hydroxyl groups excluding tert-OH is 1. The van der Waals surface area contributed by atoms with Gasteiger partial charge < -0.3 is 9.94 Å². The zero-order chi connectivity index (χ0) is 26.2. The fourth-order valence-electron chi connectivity index (χ4n) is 4.71. The molecule has 0 saturated carbocycles. The van der Waals surface area contributed by atoms with Crippen LogP contribution in [-0.4, -0.2) is 11.3 Å². The molecular weight excluding hydrogens is 473 g/mol. The number of hydrogen-bond donors (Lipinski definition) is 1. The van der Waals surface area contributed by atoms with E-state index in [0.29, 0.717) is 6.42 Å². The van der Waals surface area contributed by atoms with E-state index in [4.69, 9.17) is 4.84 Å². The Bertz CT molecular complexity index is 1390. The molecule has 5 aromatic carbocycles. The first-order chi connectivity index (χ1) is 18.7. The summed E-state index contributed by atoms with van der Waals surface area (Å²) in [7, 11) is 0. The molecule has 0 aliphatic rings. The largest absolute Gasteiger partial charge is 0.392 e. The normalized spacial score (nSPS) is 11.5. The molecule has 3 nitrogen and oxygen atoms in total. The van der Waals surface area contributed by atoms with E-state index >= 15 is 0 Å². The maximum atomic E-state index is 13.3. The summed E-state index contributed by atoms with van der Waals surface area (Å²) in [5.41, 5.74) is 5.47. The van der Waals surface area contributed by atoms with Crippen LogP contribution in [0.1, 0.15) is 38.9 Å². The second-order valence-corrected chi connectivity index (χ2v) is 9.09. The highest BCUT2D eigenvalue weighted by atomic mass is 19.1. The van der Waals surface area contributed by atoms with E-state index in [9.17, 15) is 9.50 Å². The van der Waals surface area contributed by atoms with Crippen LogP contribution >= 0.6 is 0 Å². The van der Waals surface area contributed by atoms with Crippen LogP contribution in [0.4, 0.5) is 4.39 Å². The molecule has 0 aliphatic carbocycles. The Morgan fingerprint density at radius 1 is 0.658 bits per heavy atom. The molecule has 4 heteroatoms. The van der Waals surface area contributed by atoms with E-state index in [-0.39, 0.29) is 12.4 Å². The van der Waals surface area contributed by atoms with Crippen molar-refractivity contribution in [2.45, 2.75) is 18.6 Å². The Kier molecular flexibility index (Phi) is 7.72. The Labute approximate surface area is 222 Å². The van der Waals surface area contributed by atoms with Crippen LogP contribution in [0.2, 0.25) is 0 Å². The molecule has 0 spiro atoms. The number of rotatable bonds is 9. The Morgan fingerprint density at radius 3 is 1.68 bits per heavy atom. The SMILES string of the molecule is OCc1cc(/C=N\OC(c2ccccc2)(c2ccccc2)c2ccccc2)ccc1Cc1ccc(F)cc1. The third kappa shape index (κ3) is 5.41. The molecule has 1 N–H and O–H groups in total. The molecular formula is C34H28FNO2. The van der Waals surface area contributed by atoms with Gasteiger partial charge in [0.15, 0.2) is 0 Å². The van der Waals surface area contributed by atoms with E-state index < -0.39 is 5.60 Å². The first-order valence-corrected chi connectivity index (χ1v) is 12.5. The van der Waals surface area contributed by atoms with Crippen molar-refractivity contribution in [2.24, 2.45) is 5.16 Å². The Morgan fingerprint density at radius 2 is 1.18 bits per heavy atom. The first-order valence-electron chi connectivity index (χ1n) is 12.5. The number of hydrogen-bond acceptors (Lipinski definition) is 3. The maximum absolute atomic E-state index is 13.3. The minimum atomic E-state index is -0.956. The molecule has 38 heavy (non-hydrogen) atoms. The molecule has 0 amide bonds. The Balaban J connectivity index is 1.49. The van der Waals surface area contributed by atoms with Crippen LogP contribution < -0.4 is 0 Å². The standard InChI is InChI=1S/C34H28FNO2/c35-33-20-17-26(18-21-33)22-28-19-16-27(23-29(28)25-37)24-36-38-34(30-10-4-1-5-11-30,31-12-6-2-7-13-31)32-14-8-3-9-15-32/h1-21,23-24,37H,22,25H2/b36-24-. The average Bonchev–Trinajstić information content (AvgIpc) is 2.98. The highest BCUT2D eigenvalue weighted by Gasteiger charge is 2.39. The predicted octanol–water partition coefficient (Wildman–Crippen LogP) is 7.25. The van der Waals surface area contributed by atoms with Gasteiger partial charge in [0.05, 0.1) is 12.8 Å². The van der Waals surface area contributed by atoms with Gasteiger partial charge in [-0.25, -0.2) is 4.39 Å². The maximum Gasteiger partial charge on any atom is 0.212 e. The number of benzene rings is 5. The van der Waals surface area contributed by atoms with Crippen molar-refractivity contribution in [1.82, 2.24) is 0 Å². The summed E-state index contributed by atoms with van der Waals surface area (Å²) in [4.78, 5) is 6.47. The molecule has 0 fully saturated rings. The summed E-state index contributed by atoms with van der Waals surface area (Å²) < 4.78 is 13.3. The molecule has 0 unspecified atom stereocenters. The van der Waals surface area contributed by atoms with Gasteiger partial charge in [-0.3, -0.25) is 0 Å². The quantitative estimate of drug-likeness (QED) is 0.131. The van der Waals surface area contributed by atoms with E-state index in [0.717, 1.165) is 38.9 Å². The minimum Gasteiger partial charge on any atom is -0.392 e. The van der Waals surface area contributed by atoms with Gasteiger partial charge in [0.25, 0.3) is 0 Å². The van der Waals surface area contributed by atoms with Gasteiger partial charge >= 0.3 is 0 Å². The molecule has 5 aromatic rings. The van der Waals surface area contributed by atoms with Crippen LogP contribution in [0.5, 0.6) is 0 Å². The molecule has 0 bridgehead atoms. The molecule has 0 radical (unpaired) electrons. The third-order valence-corrected chi connectivity index (χ3v) is 6.64. The number of aliphatic hydroxyl groups is 1. The first kappa shape index (κ1) is 25.1. The van der Waals surface area contributed by atoms with Crippen molar-refractivity contribution in [3.05, 3.63) is 178 Å². The molecule has 0 heterocycles.